The van der Waals surface area contributed by atoms with E-state index in [1.165, 1.54) is 109 Å². The van der Waals surface area contributed by atoms with Crippen molar-refractivity contribution < 1.29 is 0 Å². The summed E-state index contributed by atoms with van der Waals surface area (Å²) in [6.07, 6.45) is 30.5. The first-order valence-corrected chi connectivity index (χ1v) is 10.2. The van der Waals surface area contributed by atoms with Crippen molar-refractivity contribution in [3.63, 3.8) is 0 Å². The van der Waals surface area contributed by atoms with Gasteiger partial charge in [0.05, 0.1) is 0 Å². The molecule has 0 saturated heterocycles. The Bertz CT molecular complexity index is 226. The topological polar surface area (TPSA) is 0 Å². The molecule has 22 heavy (non-hydrogen) atoms. The van der Waals surface area contributed by atoms with Gasteiger partial charge in [0.2, 0.25) is 0 Å². The predicted octanol–water partition coefficient (Wildman–Crippen LogP) is 8.38. The third-order valence-electron chi connectivity index (χ3n) is 4.43. The van der Waals surface area contributed by atoms with Gasteiger partial charge in [0.1, 0.15) is 0 Å². The Morgan fingerprint density at radius 2 is 0.864 bits per heavy atom. The molecular weight excluding hydrogens is 264 g/mol. The third-order valence-corrected chi connectivity index (χ3v) is 4.43. The summed E-state index contributed by atoms with van der Waals surface area (Å²) >= 11 is 0. The summed E-state index contributed by atoms with van der Waals surface area (Å²) in [5, 5.41) is 0. The third kappa shape index (κ3) is 19.5. The lowest BCUT2D eigenvalue weighted by molar-refractivity contribution is 0.534. The van der Waals surface area contributed by atoms with Crippen molar-refractivity contribution in [2.75, 3.05) is 0 Å². The molecule has 0 aliphatic heterocycles. The highest BCUT2D eigenvalue weighted by Gasteiger charge is 1.94. The molecule has 0 aromatic carbocycles. The maximum absolute atomic E-state index is 3.77. The van der Waals surface area contributed by atoms with Crippen LogP contribution in [-0.4, -0.2) is 0 Å². The standard InChI is InChI=1S/C22H42/c1-3-5-7-9-11-13-15-17-19-21-22-20-18-16-14-12-10-8-6-4-2/h3,6,8H,1,4-5,7,9-22H2,2H3. The molecule has 0 aromatic heterocycles. The normalized spacial score (nSPS) is 11.3. The van der Waals surface area contributed by atoms with Gasteiger partial charge in [-0.3, -0.25) is 0 Å². The van der Waals surface area contributed by atoms with Crippen LogP contribution in [0.3, 0.4) is 0 Å². The SMILES string of the molecule is C=CCCCCCCCCCCCCCCCCC=CCC. The Hall–Kier alpha value is -0.520. The second kappa shape index (κ2) is 20.5. The molecule has 0 radical (unpaired) electrons. The lowest BCUT2D eigenvalue weighted by Crippen LogP contribution is -1.83. The minimum absolute atomic E-state index is 1.19. The molecule has 0 heterocycles. The summed E-state index contributed by atoms with van der Waals surface area (Å²) in [5.74, 6) is 0. The zero-order chi connectivity index (χ0) is 16.1. The quantitative estimate of drug-likeness (QED) is 0.176. The van der Waals surface area contributed by atoms with E-state index in [9.17, 15) is 0 Å². The van der Waals surface area contributed by atoms with Gasteiger partial charge < -0.3 is 0 Å². The first kappa shape index (κ1) is 21.5. The largest absolute Gasteiger partial charge is 0.103 e. The Morgan fingerprint density at radius 3 is 1.23 bits per heavy atom. The van der Waals surface area contributed by atoms with Gasteiger partial charge in [-0.15, -0.1) is 6.58 Å². The van der Waals surface area contributed by atoms with E-state index >= 15 is 0 Å². The second-order valence-electron chi connectivity index (χ2n) is 6.70. The summed E-state index contributed by atoms with van der Waals surface area (Å²) in [4.78, 5) is 0. The fraction of sp³-hybridized carbons (Fsp3) is 0.818. The molecular formula is C22H42. The Labute approximate surface area is 141 Å². The lowest BCUT2D eigenvalue weighted by Gasteiger charge is -2.03. The van der Waals surface area contributed by atoms with Crippen LogP contribution < -0.4 is 0 Å². The highest BCUT2D eigenvalue weighted by Crippen LogP contribution is 2.13. The molecule has 0 rings (SSSR count). The minimum atomic E-state index is 1.19. The van der Waals surface area contributed by atoms with Crippen molar-refractivity contribution in [3.05, 3.63) is 24.8 Å². The van der Waals surface area contributed by atoms with Gasteiger partial charge in [0.15, 0.2) is 0 Å². The van der Waals surface area contributed by atoms with E-state index in [1.54, 1.807) is 0 Å². The zero-order valence-electron chi connectivity index (χ0n) is 15.5. The van der Waals surface area contributed by atoms with Gasteiger partial charge in [-0.2, -0.15) is 0 Å². The van der Waals surface area contributed by atoms with Crippen LogP contribution in [0.25, 0.3) is 0 Å². The van der Waals surface area contributed by atoms with Crippen LogP contribution in [-0.2, 0) is 0 Å². The number of unbranched alkanes of at least 4 members (excludes halogenated alkanes) is 15. The average molecular weight is 307 g/mol. The smallest absolute Gasteiger partial charge is 0.0351 e. The van der Waals surface area contributed by atoms with Crippen LogP contribution >= 0.6 is 0 Å². The van der Waals surface area contributed by atoms with Gasteiger partial charge in [0, 0.05) is 0 Å². The molecule has 0 atom stereocenters. The summed E-state index contributed by atoms with van der Waals surface area (Å²) in [6, 6.07) is 0. The number of hydrogen-bond acceptors (Lipinski definition) is 0. The second-order valence-corrected chi connectivity index (χ2v) is 6.70. The van der Waals surface area contributed by atoms with E-state index in [-0.39, 0.29) is 0 Å². The summed E-state index contributed by atoms with van der Waals surface area (Å²) in [6.45, 7) is 5.98. The van der Waals surface area contributed by atoms with E-state index < -0.39 is 0 Å². The molecule has 0 N–H and O–H groups in total. The van der Waals surface area contributed by atoms with Gasteiger partial charge in [-0.1, -0.05) is 102 Å². The molecule has 0 spiro atoms. The fourth-order valence-corrected chi connectivity index (χ4v) is 2.96. The molecule has 0 heteroatoms. The van der Waals surface area contributed by atoms with E-state index in [4.69, 9.17) is 0 Å². The van der Waals surface area contributed by atoms with Crippen molar-refractivity contribution in [1.82, 2.24) is 0 Å². The summed E-state index contributed by atoms with van der Waals surface area (Å²) < 4.78 is 0. The molecule has 0 bridgehead atoms. The van der Waals surface area contributed by atoms with Crippen molar-refractivity contribution in [3.8, 4) is 0 Å². The van der Waals surface area contributed by atoms with Gasteiger partial charge >= 0.3 is 0 Å². The summed E-state index contributed by atoms with van der Waals surface area (Å²) in [5.41, 5.74) is 0. The van der Waals surface area contributed by atoms with Gasteiger partial charge in [0.25, 0.3) is 0 Å². The molecule has 0 aliphatic rings. The Balaban J connectivity index is 2.97. The number of rotatable bonds is 18. The Kier molecular flexibility index (Phi) is 20.0. The zero-order valence-corrected chi connectivity index (χ0v) is 15.5. The van der Waals surface area contributed by atoms with Crippen LogP contribution in [0.2, 0.25) is 0 Å². The first-order chi connectivity index (χ1) is 10.9. The van der Waals surface area contributed by atoms with Gasteiger partial charge in [-0.25, -0.2) is 0 Å². The van der Waals surface area contributed by atoms with E-state index in [0.29, 0.717) is 0 Å². The molecule has 0 aromatic rings. The lowest BCUT2D eigenvalue weighted by atomic mass is 10.0. The molecule has 0 saturated carbocycles. The molecule has 0 amide bonds. The molecule has 0 unspecified atom stereocenters. The van der Waals surface area contributed by atoms with E-state index in [1.807, 2.05) is 6.08 Å². The van der Waals surface area contributed by atoms with Crippen LogP contribution in [0.15, 0.2) is 24.8 Å². The summed E-state index contributed by atoms with van der Waals surface area (Å²) in [7, 11) is 0. The van der Waals surface area contributed by atoms with Crippen molar-refractivity contribution in [2.24, 2.45) is 0 Å². The van der Waals surface area contributed by atoms with Crippen molar-refractivity contribution in [2.45, 2.75) is 116 Å². The maximum Gasteiger partial charge on any atom is -0.0351 e. The fourth-order valence-electron chi connectivity index (χ4n) is 2.96. The highest BCUT2D eigenvalue weighted by molar-refractivity contribution is 4.79. The maximum atomic E-state index is 3.77. The predicted molar refractivity (Wildman–Crippen MR) is 104 cm³/mol. The Morgan fingerprint density at radius 1 is 0.500 bits per heavy atom. The average Bonchev–Trinajstić information content (AvgIpc) is 2.54. The monoisotopic (exact) mass is 306 g/mol. The van der Waals surface area contributed by atoms with E-state index in [0.717, 1.165) is 0 Å². The van der Waals surface area contributed by atoms with Crippen molar-refractivity contribution in [1.29, 1.82) is 0 Å². The van der Waals surface area contributed by atoms with Crippen molar-refractivity contribution >= 4 is 0 Å². The molecule has 130 valence electrons. The number of allylic oxidation sites excluding steroid dienone is 3. The minimum Gasteiger partial charge on any atom is -0.103 e. The molecule has 0 fully saturated rings. The van der Waals surface area contributed by atoms with Crippen LogP contribution in [0.1, 0.15) is 116 Å². The number of hydrogen-bond donors (Lipinski definition) is 0. The van der Waals surface area contributed by atoms with Gasteiger partial charge in [-0.05, 0) is 32.1 Å². The molecule has 0 nitrogen and oxygen atoms in total. The van der Waals surface area contributed by atoms with E-state index in [2.05, 4.69) is 25.7 Å². The van der Waals surface area contributed by atoms with Crippen LogP contribution in [0.5, 0.6) is 0 Å². The highest BCUT2D eigenvalue weighted by atomic mass is 14.0. The van der Waals surface area contributed by atoms with Crippen LogP contribution in [0, 0.1) is 0 Å². The molecule has 0 aliphatic carbocycles. The van der Waals surface area contributed by atoms with Crippen LogP contribution in [0.4, 0.5) is 0 Å². The first-order valence-electron chi connectivity index (χ1n) is 10.2.